The zero-order valence-electron chi connectivity index (χ0n) is 12.3. The predicted molar refractivity (Wildman–Crippen MR) is 76.3 cm³/mol. The largest absolute Gasteiger partial charge is 0.383 e. The van der Waals surface area contributed by atoms with E-state index in [-0.39, 0.29) is 0 Å². The van der Waals surface area contributed by atoms with Gasteiger partial charge < -0.3 is 10.1 Å². The molecule has 1 aliphatic heterocycles. The number of nitrogens with zero attached hydrogens (tertiary/aromatic N) is 2. The zero-order chi connectivity index (χ0) is 14.3. The summed E-state index contributed by atoms with van der Waals surface area (Å²) in [4.78, 5) is 0. The minimum atomic E-state index is -3.34. The van der Waals surface area contributed by atoms with Gasteiger partial charge in [-0.2, -0.15) is 17.0 Å². The van der Waals surface area contributed by atoms with Crippen molar-refractivity contribution in [1.82, 2.24) is 13.9 Å². The highest BCUT2D eigenvalue weighted by Gasteiger charge is 2.32. The summed E-state index contributed by atoms with van der Waals surface area (Å²) < 4.78 is 33.2. The Hall–Kier alpha value is -0.210. The Bertz CT molecular complexity index is 346. The van der Waals surface area contributed by atoms with Crippen LogP contribution in [0.15, 0.2) is 0 Å². The Morgan fingerprint density at radius 1 is 1.47 bits per heavy atom. The first-order chi connectivity index (χ1) is 9.06. The van der Waals surface area contributed by atoms with Gasteiger partial charge in [0.2, 0.25) is 0 Å². The molecule has 7 heteroatoms. The normalized spacial score (nSPS) is 22.0. The van der Waals surface area contributed by atoms with Crippen LogP contribution in [-0.2, 0) is 14.9 Å². The molecule has 1 unspecified atom stereocenters. The third-order valence-electron chi connectivity index (χ3n) is 3.52. The van der Waals surface area contributed by atoms with E-state index >= 15 is 0 Å². The maximum absolute atomic E-state index is 12.5. The van der Waals surface area contributed by atoms with Crippen LogP contribution in [0.5, 0.6) is 0 Å². The van der Waals surface area contributed by atoms with Gasteiger partial charge >= 0.3 is 0 Å². The molecule has 6 nitrogen and oxygen atoms in total. The number of hydrogen-bond acceptors (Lipinski definition) is 4. The van der Waals surface area contributed by atoms with Crippen molar-refractivity contribution < 1.29 is 13.2 Å². The van der Waals surface area contributed by atoms with Gasteiger partial charge in [0.15, 0.2) is 0 Å². The molecule has 0 bridgehead atoms. The predicted octanol–water partition coefficient (Wildman–Crippen LogP) is 0.131. The van der Waals surface area contributed by atoms with Gasteiger partial charge in [0.1, 0.15) is 0 Å². The minimum absolute atomic E-state index is 0.412. The number of methoxy groups -OCH3 is 1. The fourth-order valence-corrected chi connectivity index (χ4v) is 4.20. The van der Waals surface area contributed by atoms with Gasteiger partial charge in [-0.25, -0.2) is 0 Å². The first-order valence-electron chi connectivity index (χ1n) is 6.95. The second kappa shape index (κ2) is 8.16. The monoisotopic (exact) mass is 293 g/mol. The van der Waals surface area contributed by atoms with Crippen LogP contribution in [0, 0.1) is 5.92 Å². The molecule has 0 aliphatic carbocycles. The Morgan fingerprint density at radius 3 is 2.79 bits per heavy atom. The Kier molecular flexibility index (Phi) is 7.23. The number of ether oxygens (including phenoxy) is 1. The molecular weight excluding hydrogens is 266 g/mol. The SMILES string of the molecule is CCN(CCOC)S(=O)(=O)N1CCCC(CNC)C1. The molecule has 19 heavy (non-hydrogen) atoms. The molecule has 1 heterocycles. The van der Waals surface area contributed by atoms with E-state index in [2.05, 4.69) is 5.32 Å². The minimum Gasteiger partial charge on any atom is -0.383 e. The van der Waals surface area contributed by atoms with Crippen LogP contribution in [0.1, 0.15) is 19.8 Å². The van der Waals surface area contributed by atoms with Crippen molar-refractivity contribution in [3.05, 3.63) is 0 Å². The highest BCUT2D eigenvalue weighted by atomic mass is 32.2. The molecule has 0 spiro atoms. The van der Waals surface area contributed by atoms with Crippen LogP contribution in [0.4, 0.5) is 0 Å². The van der Waals surface area contributed by atoms with Gasteiger partial charge in [-0.05, 0) is 32.4 Å². The van der Waals surface area contributed by atoms with Gasteiger partial charge in [0.05, 0.1) is 6.61 Å². The van der Waals surface area contributed by atoms with Crippen LogP contribution in [-0.4, -0.2) is 70.5 Å². The highest BCUT2D eigenvalue weighted by Crippen LogP contribution is 2.20. The highest BCUT2D eigenvalue weighted by molar-refractivity contribution is 7.86. The molecule has 0 radical (unpaired) electrons. The Labute approximate surface area is 117 Å². The smallest absolute Gasteiger partial charge is 0.282 e. The lowest BCUT2D eigenvalue weighted by molar-refractivity contribution is 0.174. The van der Waals surface area contributed by atoms with Crippen molar-refractivity contribution in [2.75, 3.05) is 53.5 Å². The van der Waals surface area contributed by atoms with Crippen LogP contribution in [0.3, 0.4) is 0 Å². The average Bonchev–Trinajstić information content (AvgIpc) is 2.40. The number of likely N-dealkylation sites (N-methyl/N-ethyl adjacent to an activating group) is 1. The summed E-state index contributed by atoms with van der Waals surface area (Å²) in [5, 5.41) is 3.13. The zero-order valence-corrected chi connectivity index (χ0v) is 13.1. The van der Waals surface area contributed by atoms with E-state index in [0.717, 1.165) is 19.4 Å². The number of piperidine rings is 1. The fourth-order valence-electron chi connectivity index (χ4n) is 2.48. The topological polar surface area (TPSA) is 61.9 Å². The molecule has 1 N–H and O–H groups in total. The van der Waals surface area contributed by atoms with Gasteiger partial charge in [-0.1, -0.05) is 6.92 Å². The summed E-state index contributed by atoms with van der Waals surface area (Å²) in [5.74, 6) is 0.412. The van der Waals surface area contributed by atoms with E-state index < -0.39 is 10.2 Å². The summed E-state index contributed by atoms with van der Waals surface area (Å²) in [7, 11) is 0.156. The summed E-state index contributed by atoms with van der Waals surface area (Å²) in [6, 6.07) is 0. The van der Waals surface area contributed by atoms with Crippen LogP contribution in [0.25, 0.3) is 0 Å². The Morgan fingerprint density at radius 2 is 2.21 bits per heavy atom. The van der Waals surface area contributed by atoms with Crippen molar-refractivity contribution in [1.29, 1.82) is 0 Å². The van der Waals surface area contributed by atoms with Crippen molar-refractivity contribution in [2.45, 2.75) is 19.8 Å². The summed E-state index contributed by atoms with van der Waals surface area (Å²) in [6.07, 6.45) is 2.03. The van der Waals surface area contributed by atoms with E-state index in [0.29, 0.717) is 38.7 Å². The lowest BCUT2D eigenvalue weighted by atomic mass is 10.00. The molecule has 0 aromatic heterocycles. The molecular formula is C12H27N3O3S. The lowest BCUT2D eigenvalue weighted by Crippen LogP contribution is -2.49. The summed E-state index contributed by atoms with van der Waals surface area (Å²) >= 11 is 0. The van der Waals surface area contributed by atoms with Crippen molar-refractivity contribution in [3.63, 3.8) is 0 Å². The van der Waals surface area contributed by atoms with Gasteiger partial charge in [0.25, 0.3) is 10.2 Å². The van der Waals surface area contributed by atoms with Crippen molar-refractivity contribution in [2.24, 2.45) is 5.92 Å². The average molecular weight is 293 g/mol. The van der Waals surface area contributed by atoms with Crippen LogP contribution >= 0.6 is 0 Å². The molecule has 114 valence electrons. The Balaban J connectivity index is 2.68. The maximum Gasteiger partial charge on any atom is 0.282 e. The quantitative estimate of drug-likeness (QED) is 0.691. The molecule has 1 rings (SSSR count). The molecule has 0 amide bonds. The second-order valence-corrected chi connectivity index (χ2v) is 6.84. The third kappa shape index (κ3) is 4.68. The van der Waals surface area contributed by atoms with E-state index in [4.69, 9.17) is 4.74 Å². The van der Waals surface area contributed by atoms with Gasteiger partial charge in [-0.3, -0.25) is 0 Å². The second-order valence-electron chi connectivity index (χ2n) is 4.92. The first-order valence-corrected chi connectivity index (χ1v) is 8.34. The van der Waals surface area contributed by atoms with E-state index in [1.165, 1.54) is 4.31 Å². The number of nitrogens with one attached hydrogen (secondary N) is 1. The molecule has 1 fully saturated rings. The van der Waals surface area contributed by atoms with E-state index in [1.54, 1.807) is 11.4 Å². The van der Waals surface area contributed by atoms with Crippen LogP contribution < -0.4 is 5.32 Å². The summed E-state index contributed by atoms with van der Waals surface area (Å²) in [6.45, 7) is 5.32. The third-order valence-corrected chi connectivity index (χ3v) is 5.60. The first kappa shape index (κ1) is 16.8. The molecule has 0 aromatic rings. The molecule has 1 saturated heterocycles. The number of hydrogen-bond donors (Lipinski definition) is 1. The van der Waals surface area contributed by atoms with Crippen LogP contribution in [0.2, 0.25) is 0 Å². The van der Waals surface area contributed by atoms with E-state index in [9.17, 15) is 8.42 Å². The lowest BCUT2D eigenvalue weighted by Gasteiger charge is -2.35. The maximum atomic E-state index is 12.5. The van der Waals surface area contributed by atoms with Gasteiger partial charge in [0, 0.05) is 33.3 Å². The number of rotatable bonds is 8. The summed E-state index contributed by atoms with van der Waals surface area (Å²) in [5.41, 5.74) is 0. The van der Waals surface area contributed by atoms with Crippen molar-refractivity contribution in [3.8, 4) is 0 Å². The molecule has 1 aliphatic rings. The fraction of sp³-hybridized carbons (Fsp3) is 1.00. The molecule has 1 atom stereocenters. The molecule has 0 saturated carbocycles. The van der Waals surface area contributed by atoms with Gasteiger partial charge in [-0.15, -0.1) is 0 Å². The standard InChI is InChI=1S/C12H27N3O3S/c1-4-14(8-9-18-3)19(16,17)15-7-5-6-12(11-15)10-13-2/h12-13H,4-11H2,1-3H3. The van der Waals surface area contributed by atoms with Crippen molar-refractivity contribution >= 4 is 10.2 Å². The van der Waals surface area contributed by atoms with E-state index in [1.807, 2.05) is 14.0 Å². The molecule has 0 aromatic carbocycles.